The molecule has 0 atom stereocenters. The van der Waals surface area contributed by atoms with Crippen molar-refractivity contribution in [1.82, 2.24) is 4.90 Å². The highest BCUT2D eigenvalue weighted by atomic mass is 79.9. The summed E-state index contributed by atoms with van der Waals surface area (Å²) in [6.07, 6.45) is 10.3. The molecule has 1 aliphatic heterocycles. The topological polar surface area (TPSA) is 70.8 Å². The molecule has 0 saturated carbocycles. The summed E-state index contributed by atoms with van der Waals surface area (Å²) in [5.74, 6) is -0.126. The number of carbonyl (C=O) groups excluding carboxylic acids is 1. The van der Waals surface area contributed by atoms with E-state index in [4.69, 9.17) is 21.7 Å². The molecule has 0 unspecified atom stereocenters. The number of hydrogen-bond donors (Lipinski definition) is 1. The Morgan fingerprint density at radius 3 is 2.37 bits per heavy atom. The van der Waals surface area contributed by atoms with E-state index in [0.717, 1.165) is 51.4 Å². The second kappa shape index (κ2) is 11.7. The summed E-state index contributed by atoms with van der Waals surface area (Å²) in [4.78, 5) is 25.2. The van der Waals surface area contributed by atoms with E-state index in [1.54, 1.807) is 23.1 Å². The maximum atomic E-state index is 12.5. The van der Waals surface area contributed by atoms with Crippen molar-refractivity contribution < 1.29 is 19.1 Å². The number of thiocarbonyl (C=S) groups is 1. The molecule has 0 aromatic carbocycles. The lowest BCUT2D eigenvalue weighted by Gasteiger charge is -2.14. The van der Waals surface area contributed by atoms with Crippen molar-refractivity contribution in [2.45, 2.75) is 57.8 Å². The van der Waals surface area contributed by atoms with Crippen LogP contribution in [-0.4, -0.2) is 32.7 Å². The fraction of sp³-hybridized carbons (Fsp3) is 0.526. The van der Waals surface area contributed by atoms with Gasteiger partial charge in [-0.15, -0.1) is 0 Å². The zero-order valence-corrected chi connectivity index (χ0v) is 18.3. The van der Waals surface area contributed by atoms with Crippen LogP contribution >= 0.6 is 39.9 Å². The van der Waals surface area contributed by atoms with Crippen LogP contribution in [0.3, 0.4) is 0 Å². The standard InChI is InChI=1S/C19H24BrNO4S2/c20-16-11-10-14(25-16)13-15-18(24)21(19(26)27-15)12-8-6-4-2-1-3-5-7-9-17(22)23/h10-11,13H,1-9,12H2,(H,22,23)/b15-13+. The van der Waals surface area contributed by atoms with Gasteiger partial charge in [0.05, 0.1) is 4.91 Å². The molecule has 1 saturated heterocycles. The summed E-state index contributed by atoms with van der Waals surface area (Å²) in [6, 6.07) is 3.59. The first kappa shape index (κ1) is 22.2. The average molecular weight is 474 g/mol. The maximum Gasteiger partial charge on any atom is 0.303 e. The van der Waals surface area contributed by atoms with Crippen LogP contribution in [0.4, 0.5) is 0 Å². The Hall–Kier alpha value is -1.12. The lowest BCUT2D eigenvalue weighted by Crippen LogP contribution is -2.28. The van der Waals surface area contributed by atoms with E-state index < -0.39 is 5.97 Å². The minimum atomic E-state index is -0.711. The summed E-state index contributed by atoms with van der Waals surface area (Å²) in [7, 11) is 0. The first-order valence-corrected chi connectivity index (χ1v) is 11.2. The third-order valence-corrected chi connectivity index (χ3v) is 6.07. The molecule has 0 bridgehead atoms. The van der Waals surface area contributed by atoms with Gasteiger partial charge in [-0.2, -0.15) is 0 Å². The zero-order chi connectivity index (χ0) is 19.6. The van der Waals surface area contributed by atoms with Gasteiger partial charge in [-0.25, -0.2) is 0 Å². The molecule has 1 aromatic rings. The second-order valence-corrected chi connectivity index (χ2v) is 8.90. The van der Waals surface area contributed by atoms with Crippen LogP contribution in [0.5, 0.6) is 0 Å². The number of nitrogens with zero attached hydrogens (tertiary/aromatic N) is 1. The van der Waals surface area contributed by atoms with Crippen molar-refractivity contribution >= 4 is 62.2 Å². The highest BCUT2D eigenvalue weighted by molar-refractivity contribution is 9.10. The van der Waals surface area contributed by atoms with Crippen LogP contribution in [0.25, 0.3) is 6.08 Å². The number of halogens is 1. The van der Waals surface area contributed by atoms with Gasteiger partial charge in [-0.3, -0.25) is 14.5 Å². The fourth-order valence-electron chi connectivity index (χ4n) is 2.83. The molecule has 1 fully saturated rings. The molecule has 5 nitrogen and oxygen atoms in total. The van der Waals surface area contributed by atoms with E-state index >= 15 is 0 Å². The number of unbranched alkanes of at least 4 members (excludes halogenated alkanes) is 7. The molecule has 1 aromatic heterocycles. The SMILES string of the molecule is O=C(O)CCCCCCCCCCN1C(=O)/C(=C\c2ccc(Br)o2)SC1=S. The maximum absolute atomic E-state index is 12.5. The van der Waals surface area contributed by atoms with Crippen LogP contribution in [-0.2, 0) is 9.59 Å². The smallest absolute Gasteiger partial charge is 0.303 e. The lowest BCUT2D eigenvalue weighted by atomic mass is 10.1. The summed E-state index contributed by atoms with van der Waals surface area (Å²) < 4.78 is 6.66. The Morgan fingerprint density at radius 2 is 1.78 bits per heavy atom. The van der Waals surface area contributed by atoms with E-state index in [-0.39, 0.29) is 12.3 Å². The van der Waals surface area contributed by atoms with Crippen LogP contribution in [0.1, 0.15) is 63.5 Å². The Labute approximate surface area is 177 Å². The lowest BCUT2D eigenvalue weighted by molar-refractivity contribution is -0.137. The molecular formula is C19H24BrNO4S2. The van der Waals surface area contributed by atoms with Crippen LogP contribution < -0.4 is 0 Å². The molecule has 0 spiro atoms. The first-order chi connectivity index (χ1) is 13.0. The quantitative estimate of drug-likeness (QED) is 0.233. The number of carboxylic acid groups (broad SMARTS) is 1. The fourth-order valence-corrected chi connectivity index (χ4v) is 4.44. The van der Waals surface area contributed by atoms with E-state index in [9.17, 15) is 9.59 Å². The van der Waals surface area contributed by atoms with Crippen LogP contribution in [0.2, 0.25) is 0 Å². The monoisotopic (exact) mass is 473 g/mol. The molecule has 0 radical (unpaired) electrons. The highest BCUT2D eigenvalue weighted by Crippen LogP contribution is 2.33. The summed E-state index contributed by atoms with van der Waals surface area (Å²) in [5.41, 5.74) is 0. The Morgan fingerprint density at radius 1 is 1.15 bits per heavy atom. The van der Waals surface area contributed by atoms with E-state index in [2.05, 4.69) is 15.9 Å². The van der Waals surface area contributed by atoms with Crippen molar-refractivity contribution in [2.75, 3.05) is 6.54 Å². The Bertz CT molecular complexity index is 702. The summed E-state index contributed by atoms with van der Waals surface area (Å²) >= 11 is 9.91. The van der Waals surface area contributed by atoms with Crippen LogP contribution in [0, 0.1) is 0 Å². The molecule has 2 heterocycles. The number of aliphatic carboxylic acids is 1. The average Bonchev–Trinajstić information content (AvgIpc) is 3.13. The number of amides is 1. The third-order valence-electron chi connectivity index (χ3n) is 4.26. The van der Waals surface area contributed by atoms with Gasteiger partial charge in [0.15, 0.2) is 4.67 Å². The van der Waals surface area contributed by atoms with Crippen molar-refractivity contribution in [3.05, 3.63) is 27.5 Å². The molecule has 1 N–H and O–H groups in total. The predicted octanol–water partition coefficient (Wildman–Crippen LogP) is 5.84. The Kier molecular flexibility index (Phi) is 9.58. The van der Waals surface area contributed by atoms with Crippen molar-refractivity contribution in [3.8, 4) is 0 Å². The minimum Gasteiger partial charge on any atom is -0.481 e. The largest absolute Gasteiger partial charge is 0.481 e. The van der Waals surface area contributed by atoms with E-state index in [1.165, 1.54) is 11.8 Å². The first-order valence-electron chi connectivity index (χ1n) is 9.20. The van der Waals surface area contributed by atoms with Gasteiger partial charge in [0.2, 0.25) is 0 Å². The van der Waals surface area contributed by atoms with E-state index in [1.807, 2.05) is 0 Å². The molecule has 2 rings (SSSR count). The number of furan rings is 1. The zero-order valence-electron chi connectivity index (χ0n) is 15.1. The van der Waals surface area contributed by atoms with Gasteiger partial charge in [0, 0.05) is 19.0 Å². The number of hydrogen-bond acceptors (Lipinski definition) is 5. The van der Waals surface area contributed by atoms with Gasteiger partial charge in [0.1, 0.15) is 10.1 Å². The number of carbonyl (C=O) groups is 2. The minimum absolute atomic E-state index is 0.0454. The third kappa shape index (κ3) is 7.79. The van der Waals surface area contributed by atoms with Crippen molar-refractivity contribution in [2.24, 2.45) is 0 Å². The Balaban J connectivity index is 1.61. The molecule has 1 amide bonds. The molecule has 8 heteroatoms. The van der Waals surface area contributed by atoms with Gasteiger partial charge in [-0.1, -0.05) is 62.5 Å². The van der Waals surface area contributed by atoms with E-state index in [0.29, 0.717) is 26.2 Å². The normalized spacial score (nSPS) is 15.9. The molecule has 27 heavy (non-hydrogen) atoms. The number of rotatable bonds is 12. The van der Waals surface area contributed by atoms with Gasteiger partial charge in [-0.05, 0) is 40.9 Å². The molecule has 0 aliphatic carbocycles. The molecular weight excluding hydrogens is 450 g/mol. The number of thioether (sulfide) groups is 1. The summed E-state index contributed by atoms with van der Waals surface area (Å²) in [6.45, 7) is 0.655. The second-order valence-electron chi connectivity index (χ2n) is 6.45. The van der Waals surface area contributed by atoms with Gasteiger partial charge in [0.25, 0.3) is 5.91 Å². The van der Waals surface area contributed by atoms with Crippen molar-refractivity contribution in [1.29, 1.82) is 0 Å². The van der Waals surface area contributed by atoms with Gasteiger partial charge < -0.3 is 9.52 Å². The number of carboxylic acids is 1. The van der Waals surface area contributed by atoms with Gasteiger partial charge >= 0.3 is 5.97 Å². The van der Waals surface area contributed by atoms with Crippen LogP contribution in [0.15, 0.2) is 26.1 Å². The highest BCUT2D eigenvalue weighted by Gasteiger charge is 2.31. The molecule has 148 valence electrons. The predicted molar refractivity (Wildman–Crippen MR) is 115 cm³/mol. The molecule has 1 aliphatic rings. The summed E-state index contributed by atoms with van der Waals surface area (Å²) in [5, 5.41) is 8.58. The van der Waals surface area contributed by atoms with Crippen molar-refractivity contribution in [3.63, 3.8) is 0 Å².